The summed E-state index contributed by atoms with van der Waals surface area (Å²) in [4.78, 5) is 25.4. The van der Waals surface area contributed by atoms with Gasteiger partial charge in [0.2, 0.25) is 11.8 Å². The van der Waals surface area contributed by atoms with Crippen LogP contribution in [0.2, 0.25) is 0 Å². The Morgan fingerprint density at radius 2 is 2.00 bits per heavy atom. The van der Waals surface area contributed by atoms with Crippen molar-refractivity contribution in [2.45, 2.75) is 65.0 Å². The Morgan fingerprint density at radius 1 is 1.30 bits per heavy atom. The molecule has 1 aliphatic rings. The number of nitrogens with zero attached hydrogens (tertiary/aromatic N) is 1. The second kappa shape index (κ2) is 8.25. The number of amides is 2. The quantitative estimate of drug-likeness (QED) is 0.772. The van der Waals surface area contributed by atoms with E-state index in [9.17, 15) is 14.7 Å². The van der Waals surface area contributed by atoms with Crippen molar-refractivity contribution in [2.24, 2.45) is 5.92 Å². The van der Waals surface area contributed by atoms with Crippen LogP contribution in [0.5, 0.6) is 0 Å². The molecule has 2 atom stereocenters. The van der Waals surface area contributed by atoms with Gasteiger partial charge in [0.25, 0.3) is 0 Å². The van der Waals surface area contributed by atoms with Gasteiger partial charge in [0, 0.05) is 37.9 Å². The summed E-state index contributed by atoms with van der Waals surface area (Å²) in [5, 5.41) is 12.4. The molecule has 2 amide bonds. The van der Waals surface area contributed by atoms with Crippen molar-refractivity contribution in [1.82, 2.24) is 10.2 Å². The van der Waals surface area contributed by atoms with Gasteiger partial charge >= 0.3 is 0 Å². The average Bonchev–Trinajstić information content (AvgIpc) is 2.37. The van der Waals surface area contributed by atoms with E-state index in [-0.39, 0.29) is 29.9 Å². The minimum absolute atomic E-state index is 0.00769. The van der Waals surface area contributed by atoms with Crippen molar-refractivity contribution in [1.29, 1.82) is 0 Å². The van der Waals surface area contributed by atoms with Crippen LogP contribution in [0.3, 0.4) is 0 Å². The van der Waals surface area contributed by atoms with Gasteiger partial charge in [0.05, 0.1) is 6.10 Å². The summed E-state index contributed by atoms with van der Waals surface area (Å²) < 4.78 is 0. The molecule has 0 aromatic carbocycles. The number of rotatable bonds is 6. The average molecular weight is 284 g/mol. The van der Waals surface area contributed by atoms with E-state index in [1.807, 2.05) is 18.7 Å². The van der Waals surface area contributed by atoms with Gasteiger partial charge in [-0.15, -0.1) is 0 Å². The topological polar surface area (TPSA) is 69.6 Å². The van der Waals surface area contributed by atoms with E-state index in [0.717, 1.165) is 19.4 Å². The molecule has 1 saturated heterocycles. The molecule has 0 saturated carbocycles. The summed E-state index contributed by atoms with van der Waals surface area (Å²) in [5.41, 5.74) is 0. The third-order valence-electron chi connectivity index (χ3n) is 3.74. The molecule has 2 unspecified atom stereocenters. The fourth-order valence-electron chi connectivity index (χ4n) is 2.58. The molecule has 0 aromatic rings. The first kappa shape index (κ1) is 17.0. The molecule has 5 heteroatoms. The fraction of sp³-hybridized carbons (Fsp3) is 0.867. The van der Waals surface area contributed by atoms with E-state index in [1.54, 1.807) is 6.92 Å². The summed E-state index contributed by atoms with van der Waals surface area (Å²) in [7, 11) is 0. The van der Waals surface area contributed by atoms with E-state index >= 15 is 0 Å². The van der Waals surface area contributed by atoms with E-state index in [1.165, 1.54) is 0 Å². The molecule has 0 aromatic heterocycles. The lowest BCUT2D eigenvalue weighted by Crippen LogP contribution is -2.42. The van der Waals surface area contributed by atoms with Gasteiger partial charge in [-0.05, 0) is 40.0 Å². The van der Waals surface area contributed by atoms with E-state index in [4.69, 9.17) is 0 Å². The number of piperidine rings is 1. The number of aliphatic hydroxyl groups excluding tert-OH is 1. The maximum absolute atomic E-state index is 12.1. The number of hydrogen-bond donors (Lipinski definition) is 2. The summed E-state index contributed by atoms with van der Waals surface area (Å²) in [5.74, 6) is 0.304. The van der Waals surface area contributed by atoms with Gasteiger partial charge in [-0.1, -0.05) is 0 Å². The Bertz CT molecular complexity index is 329. The zero-order valence-corrected chi connectivity index (χ0v) is 12.9. The Hall–Kier alpha value is -1.10. The molecule has 0 radical (unpaired) electrons. The maximum atomic E-state index is 12.1. The Morgan fingerprint density at radius 3 is 2.60 bits per heavy atom. The van der Waals surface area contributed by atoms with E-state index in [2.05, 4.69) is 5.32 Å². The van der Waals surface area contributed by atoms with E-state index < -0.39 is 0 Å². The smallest absolute Gasteiger partial charge is 0.222 e. The highest BCUT2D eigenvalue weighted by atomic mass is 16.3. The predicted octanol–water partition coefficient (Wildman–Crippen LogP) is 1.30. The van der Waals surface area contributed by atoms with Crippen LogP contribution < -0.4 is 5.32 Å². The summed E-state index contributed by atoms with van der Waals surface area (Å²) >= 11 is 0. The Balaban J connectivity index is 2.27. The molecule has 1 heterocycles. The molecule has 116 valence electrons. The molecular formula is C15H28N2O3. The molecule has 0 aliphatic carbocycles. The highest BCUT2D eigenvalue weighted by molar-refractivity contribution is 5.79. The maximum Gasteiger partial charge on any atom is 0.222 e. The minimum Gasteiger partial charge on any atom is -0.393 e. The van der Waals surface area contributed by atoms with Gasteiger partial charge in [-0.3, -0.25) is 9.59 Å². The molecule has 5 nitrogen and oxygen atoms in total. The Kier molecular flexibility index (Phi) is 6.99. The molecule has 20 heavy (non-hydrogen) atoms. The number of likely N-dealkylation sites (tertiary alicyclic amines) is 1. The second-order valence-electron chi connectivity index (χ2n) is 6.06. The number of carbonyl (C=O) groups excluding carboxylic acids is 2. The first-order valence-electron chi connectivity index (χ1n) is 7.65. The van der Waals surface area contributed by atoms with Crippen LogP contribution in [0, 0.1) is 5.92 Å². The zero-order chi connectivity index (χ0) is 15.1. The summed E-state index contributed by atoms with van der Waals surface area (Å²) in [6.45, 7) is 7.06. The van der Waals surface area contributed by atoms with Crippen LogP contribution in [-0.4, -0.2) is 47.1 Å². The zero-order valence-electron chi connectivity index (χ0n) is 12.9. The van der Waals surface area contributed by atoms with Crippen LogP contribution in [0.4, 0.5) is 0 Å². The van der Waals surface area contributed by atoms with Crippen LogP contribution in [-0.2, 0) is 9.59 Å². The molecule has 2 N–H and O–H groups in total. The van der Waals surface area contributed by atoms with Crippen molar-refractivity contribution >= 4 is 11.8 Å². The number of hydrogen-bond acceptors (Lipinski definition) is 3. The molecular weight excluding hydrogens is 256 g/mol. The molecule has 1 rings (SSSR count). The van der Waals surface area contributed by atoms with Gasteiger partial charge in [-0.25, -0.2) is 0 Å². The van der Waals surface area contributed by atoms with Crippen molar-refractivity contribution < 1.29 is 14.7 Å². The van der Waals surface area contributed by atoms with Crippen LogP contribution in [0.1, 0.15) is 52.9 Å². The SMILES string of the molecule is CC(C)NC(=O)CCCC(=O)N1CCCC(C(C)O)C1. The normalized spacial score (nSPS) is 20.9. The first-order valence-corrected chi connectivity index (χ1v) is 7.65. The lowest BCUT2D eigenvalue weighted by Gasteiger charge is -2.34. The molecule has 1 fully saturated rings. The summed E-state index contributed by atoms with van der Waals surface area (Å²) in [6, 6.07) is 0.145. The van der Waals surface area contributed by atoms with Crippen LogP contribution >= 0.6 is 0 Å². The molecule has 0 bridgehead atoms. The largest absolute Gasteiger partial charge is 0.393 e. The third-order valence-corrected chi connectivity index (χ3v) is 3.74. The highest BCUT2D eigenvalue weighted by Crippen LogP contribution is 2.20. The van der Waals surface area contributed by atoms with Crippen molar-refractivity contribution in [3.63, 3.8) is 0 Å². The van der Waals surface area contributed by atoms with Gasteiger partial charge in [0.1, 0.15) is 0 Å². The van der Waals surface area contributed by atoms with Crippen molar-refractivity contribution in [2.75, 3.05) is 13.1 Å². The summed E-state index contributed by atoms with van der Waals surface area (Å²) in [6.07, 6.45) is 2.98. The lowest BCUT2D eigenvalue weighted by atomic mass is 9.93. The van der Waals surface area contributed by atoms with Gasteiger partial charge < -0.3 is 15.3 Å². The number of carbonyl (C=O) groups is 2. The van der Waals surface area contributed by atoms with E-state index in [0.29, 0.717) is 25.8 Å². The lowest BCUT2D eigenvalue weighted by molar-refractivity contribution is -0.134. The van der Waals surface area contributed by atoms with Gasteiger partial charge in [-0.2, -0.15) is 0 Å². The predicted molar refractivity (Wildman–Crippen MR) is 78.1 cm³/mol. The second-order valence-corrected chi connectivity index (χ2v) is 6.06. The molecule has 0 spiro atoms. The Labute approximate surface area is 121 Å². The fourth-order valence-corrected chi connectivity index (χ4v) is 2.58. The standard InChI is InChI=1S/C15H28N2O3/c1-11(2)16-14(19)7-4-8-15(20)17-9-5-6-13(10-17)12(3)18/h11-13,18H,4-10H2,1-3H3,(H,16,19). The number of nitrogens with one attached hydrogen (secondary N) is 1. The molecule has 1 aliphatic heterocycles. The first-order chi connectivity index (χ1) is 9.40. The highest BCUT2D eigenvalue weighted by Gasteiger charge is 2.26. The third kappa shape index (κ3) is 5.90. The number of aliphatic hydroxyl groups is 1. The van der Waals surface area contributed by atoms with Crippen LogP contribution in [0.25, 0.3) is 0 Å². The monoisotopic (exact) mass is 284 g/mol. The minimum atomic E-state index is -0.359. The van der Waals surface area contributed by atoms with Gasteiger partial charge in [0.15, 0.2) is 0 Å². The van der Waals surface area contributed by atoms with Crippen molar-refractivity contribution in [3.8, 4) is 0 Å². The van der Waals surface area contributed by atoms with Crippen molar-refractivity contribution in [3.05, 3.63) is 0 Å². The van der Waals surface area contributed by atoms with Crippen LogP contribution in [0.15, 0.2) is 0 Å².